The van der Waals surface area contributed by atoms with Gasteiger partial charge in [-0.05, 0) is 36.8 Å². The summed E-state index contributed by atoms with van der Waals surface area (Å²) in [6.45, 7) is 1.83. The van der Waals surface area contributed by atoms with Crippen molar-refractivity contribution in [3.8, 4) is 11.5 Å². The van der Waals surface area contributed by atoms with Crippen molar-refractivity contribution in [2.75, 3.05) is 20.0 Å². The molecule has 30 heavy (non-hydrogen) atoms. The van der Waals surface area contributed by atoms with E-state index < -0.39 is 0 Å². The maximum atomic E-state index is 12.9. The number of aryl methyl sites for hydroxylation is 1. The lowest BCUT2D eigenvalue weighted by molar-refractivity contribution is 0.102. The lowest BCUT2D eigenvalue weighted by atomic mass is 10.1. The molecule has 0 aliphatic carbocycles. The van der Waals surface area contributed by atoms with Crippen molar-refractivity contribution in [1.29, 1.82) is 0 Å². The molecule has 6 nitrogen and oxygen atoms in total. The molecular formula is C23H24N2O4S. The number of methoxy groups -OCH3 is 2. The number of Topliss-reactive ketones (excluding diaryl/α,β-unsaturated/α-hetero) is 1. The molecule has 1 aromatic heterocycles. The van der Waals surface area contributed by atoms with Crippen molar-refractivity contribution < 1.29 is 14.3 Å². The summed E-state index contributed by atoms with van der Waals surface area (Å²) in [6.07, 6.45) is 0.489. The summed E-state index contributed by atoms with van der Waals surface area (Å²) in [5.41, 5.74) is 2.79. The third-order valence-corrected chi connectivity index (χ3v) is 5.84. The van der Waals surface area contributed by atoms with E-state index in [0.29, 0.717) is 34.1 Å². The van der Waals surface area contributed by atoms with Gasteiger partial charge in [-0.3, -0.25) is 14.2 Å². The van der Waals surface area contributed by atoms with E-state index in [0.717, 1.165) is 11.3 Å². The van der Waals surface area contributed by atoms with Gasteiger partial charge in [0.2, 0.25) is 0 Å². The monoisotopic (exact) mass is 424 g/mol. The van der Waals surface area contributed by atoms with Gasteiger partial charge < -0.3 is 9.47 Å². The van der Waals surface area contributed by atoms with Crippen LogP contribution in [0.1, 0.15) is 27.2 Å². The molecule has 0 N–H and O–H groups in total. The molecule has 1 heterocycles. The van der Waals surface area contributed by atoms with Gasteiger partial charge in [0.05, 0.1) is 20.0 Å². The van der Waals surface area contributed by atoms with Gasteiger partial charge in [-0.1, -0.05) is 36.0 Å². The van der Waals surface area contributed by atoms with Gasteiger partial charge in [0.1, 0.15) is 11.5 Å². The molecule has 7 heteroatoms. The molecule has 0 saturated carbocycles. The summed E-state index contributed by atoms with van der Waals surface area (Å²) in [6, 6.07) is 14.6. The second-order valence-electron chi connectivity index (χ2n) is 6.79. The van der Waals surface area contributed by atoms with Crippen LogP contribution in [0.5, 0.6) is 11.5 Å². The highest BCUT2D eigenvalue weighted by molar-refractivity contribution is 7.99. The van der Waals surface area contributed by atoms with E-state index in [1.807, 2.05) is 31.2 Å². The van der Waals surface area contributed by atoms with Gasteiger partial charge in [0, 0.05) is 30.3 Å². The highest BCUT2D eigenvalue weighted by Gasteiger charge is 2.15. The minimum Gasteiger partial charge on any atom is -0.497 e. The Hall–Kier alpha value is -3.06. The van der Waals surface area contributed by atoms with Crippen LogP contribution in [0, 0.1) is 6.92 Å². The van der Waals surface area contributed by atoms with Crippen LogP contribution in [-0.4, -0.2) is 35.3 Å². The fraction of sp³-hybridized carbons (Fsp3) is 0.261. The predicted octanol–water partition coefficient (Wildman–Crippen LogP) is 3.67. The molecule has 0 radical (unpaired) electrons. The minimum atomic E-state index is -0.102. The van der Waals surface area contributed by atoms with E-state index in [1.54, 1.807) is 45.5 Å². The molecule has 0 aliphatic rings. The molecule has 0 unspecified atom stereocenters. The molecule has 0 saturated heterocycles. The first-order valence-electron chi connectivity index (χ1n) is 9.42. The van der Waals surface area contributed by atoms with Crippen molar-refractivity contribution in [3.63, 3.8) is 0 Å². The number of ether oxygens (including phenoxy) is 2. The van der Waals surface area contributed by atoms with Crippen molar-refractivity contribution >= 4 is 17.5 Å². The average molecular weight is 425 g/mol. The number of carbonyl (C=O) groups is 1. The largest absolute Gasteiger partial charge is 0.497 e. The predicted molar refractivity (Wildman–Crippen MR) is 118 cm³/mol. The molecule has 0 aliphatic heterocycles. The fourth-order valence-corrected chi connectivity index (χ4v) is 3.92. The van der Waals surface area contributed by atoms with Gasteiger partial charge in [0.25, 0.3) is 5.56 Å². The Morgan fingerprint density at radius 2 is 1.77 bits per heavy atom. The molecule has 3 rings (SSSR count). The zero-order valence-electron chi connectivity index (χ0n) is 17.5. The molecule has 0 atom stereocenters. The Bertz CT molecular complexity index is 1110. The number of nitrogens with zero attached hydrogens (tertiary/aromatic N) is 2. The fourth-order valence-electron chi connectivity index (χ4n) is 3.02. The van der Waals surface area contributed by atoms with E-state index in [2.05, 4.69) is 4.98 Å². The highest BCUT2D eigenvalue weighted by atomic mass is 32.2. The van der Waals surface area contributed by atoms with E-state index >= 15 is 0 Å². The summed E-state index contributed by atoms with van der Waals surface area (Å²) in [5, 5.41) is 0.521. The first-order valence-corrected chi connectivity index (χ1v) is 10.4. The summed E-state index contributed by atoms with van der Waals surface area (Å²) < 4.78 is 11.9. The number of hydrogen-bond donors (Lipinski definition) is 0. The summed E-state index contributed by atoms with van der Waals surface area (Å²) in [7, 11) is 4.87. The van der Waals surface area contributed by atoms with Crippen molar-refractivity contribution in [1.82, 2.24) is 9.55 Å². The van der Waals surface area contributed by atoms with Gasteiger partial charge in [-0.15, -0.1) is 0 Å². The average Bonchev–Trinajstić information content (AvgIpc) is 2.78. The lowest BCUT2D eigenvalue weighted by Gasteiger charge is -2.12. The zero-order chi connectivity index (χ0) is 21.7. The number of thioether (sulfide) groups is 1. The second kappa shape index (κ2) is 9.63. The van der Waals surface area contributed by atoms with Gasteiger partial charge >= 0.3 is 0 Å². The van der Waals surface area contributed by atoms with Crippen LogP contribution in [0.4, 0.5) is 0 Å². The normalized spacial score (nSPS) is 10.7. The topological polar surface area (TPSA) is 70.4 Å². The summed E-state index contributed by atoms with van der Waals surface area (Å²) in [5.74, 6) is 1.54. The third-order valence-electron chi connectivity index (χ3n) is 4.81. The van der Waals surface area contributed by atoms with E-state index in [-0.39, 0.29) is 17.1 Å². The second-order valence-corrected chi connectivity index (χ2v) is 7.73. The zero-order valence-corrected chi connectivity index (χ0v) is 18.3. The number of hydrogen-bond acceptors (Lipinski definition) is 6. The molecule has 3 aromatic rings. The molecule has 156 valence electrons. The molecular weight excluding hydrogens is 400 g/mol. The van der Waals surface area contributed by atoms with Crippen LogP contribution in [0.2, 0.25) is 0 Å². The Balaban J connectivity index is 1.76. The van der Waals surface area contributed by atoms with Crippen molar-refractivity contribution in [2.45, 2.75) is 18.5 Å². The first-order chi connectivity index (χ1) is 14.4. The van der Waals surface area contributed by atoms with E-state index in [4.69, 9.17) is 9.47 Å². The SMILES string of the molecule is COc1ccc(Cc2c(C)nc(SCC(=O)c3cccc(OC)c3)n(C)c2=O)cc1. The van der Waals surface area contributed by atoms with Crippen LogP contribution in [0.15, 0.2) is 58.5 Å². The van der Waals surface area contributed by atoms with Crippen LogP contribution in [-0.2, 0) is 13.5 Å². The van der Waals surface area contributed by atoms with Crippen LogP contribution < -0.4 is 15.0 Å². The maximum Gasteiger partial charge on any atom is 0.257 e. The Morgan fingerprint density at radius 1 is 1.07 bits per heavy atom. The third kappa shape index (κ3) is 4.91. The smallest absolute Gasteiger partial charge is 0.257 e. The van der Waals surface area contributed by atoms with Crippen LogP contribution in [0.25, 0.3) is 0 Å². The molecule has 0 amide bonds. The van der Waals surface area contributed by atoms with E-state index in [1.165, 1.54) is 16.3 Å². The van der Waals surface area contributed by atoms with Crippen molar-refractivity contribution in [3.05, 3.63) is 81.3 Å². The number of benzene rings is 2. The number of rotatable bonds is 8. The number of ketones is 1. The standard InChI is InChI=1S/C23H24N2O4S/c1-15-20(12-16-8-10-18(28-3)11-9-16)22(27)25(2)23(24-15)30-14-21(26)17-6-5-7-19(13-17)29-4/h5-11,13H,12,14H2,1-4H3. The lowest BCUT2D eigenvalue weighted by Crippen LogP contribution is -2.26. The number of carbonyl (C=O) groups excluding carboxylic acids is 1. The molecule has 0 bridgehead atoms. The van der Waals surface area contributed by atoms with Crippen molar-refractivity contribution in [2.24, 2.45) is 7.05 Å². The van der Waals surface area contributed by atoms with Crippen LogP contribution in [0.3, 0.4) is 0 Å². The van der Waals surface area contributed by atoms with Gasteiger partial charge in [0.15, 0.2) is 10.9 Å². The summed E-state index contributed by atoms with van der Waals surface area (Å²) in [4.78, 5) is 30.0. The number of aromatic nitrogens is 2. The Morgan fingerprint density at radius 3 is 2.43 bits per heavy atom. The first kappa shape index (κ1) is 21.6. The van der Waals surface area contributed by atoms with Gasteiger partial charge in [-0.25, -0.2) is 4.98 Å². The van der Waals surface area contributed by atoms with Gasteiger partial charge in [-0.2, -0.15) is 0 Å². The molecule has 0 spiro atoms. The quantitative estimate of drug-likeness (QED) is 0.312. The Kier molecular flexibility index (Phi) is 6.95. The molecule has 2 aromatic carbocycles. The Labute approximate surface area is 179 Å². The highest BCUT2D eigenvalue weighted by Crippen LogP contribution is 2.20. The molecule has 0 fully saturated rings. The minimum absolute atomic E-state index is 0.0480. The maximum absolute atomic E-state index is 12.9. The summed E-state index contributed by atoms with van der Waals surface area (Å²) >= 11 is 1.26. The van der Waals surface area contributed by atoms with E-state index in [9.17, 15) is 9.59 Å². The van der Waals surface area contributed by atoms with Crippen LogP contribution >= 0.6 is 11.8 Å².